The van der Waals surface area contributed by atoms with Crippen LogP contribution in [0.1, 0.15) is 40.2 Å². The van der Waals surface area contributed by atoms with Crippen LogP contribution in [0.15, 0.2) is 59.8 Å². The van der Waals surface area contributed by atoms with E-state index in [1.165, 1.54) is 28.7 Å². The van der Waals surface area contributed by atoms with Gasteiger partial charge in [-0.1, -0.05) is 42.1 Å². The first kappa shape index (κ1) is 27.8. The smallest absolute Gasteiger partial charge is 0.341 e. The lowest BCUT2D eigenvalue weighted by molar-refractivity contribution is -0.115. The number of thiophene rings is 1. The van der Waals surface area contributed by atoms with E-state index in [1.807, 2.05) is 42.5 Å². The normalized spacial score (nSPS) is 13.9. The number of anilines is 1. The fraction of sp³-hybridized carbons (Fsp3) is 0.321. The fourth-order valence-corrected chi connectivity index (χ4v) is 6.59. The van der Waals surface area contributed by atoms with Crippen molar-refractivity contribution in [1.29, 1.82) is 0 Å². The number of methoxy groups -OCH3 is 1. The minimum atomic E-state index is -0.535. The van der Waals surface area contributed by atoms with Crippen molar-refractivity contribution in [2.24, 2.45) is 0 Å². The highest BCUT2D eigenvalue weighted by Gasteiger charge is 2.30. The second kappa shape index (κ2) is 12.6. The predicted octanol–water partition coefficient (Wildman–Crippen LogP) is 4.59. The number of fused-ring (bicyclic) bond motifs is 1. The van der Waals surface area contributed by atoms with Crippen LogP contribution in [0.4, 0.5) is 5.00 Å². The number of hydrogen-bond donors (Lipinski definition) is 1. The summed E-state index contributed by atoms with van der Waals surface area (Å²) in [5, 5.41) is 15.4. The number of hydrogen-bond acceptors (Lipinski definition) is 10. The maximum absolute atomic E-state index is 13.3. The Morgan fingerprint density at radius 2 is 1.93 bits per heavy atom. The van der Waals surface area contributed by atoms with Crippen molar-refractivity contribution < 1.29 is 19.1 Å². The minimum absolute atomic E-state index is 0.250. The Balaban J connectivity index is 1.32. The molecule has 1 aliphatic rings. The Kier molecular flexibility index (Phi) is 8.78. The number of thioether (sulfide) groups is 1. The van der Waals surface area contributed by atoms with Crippen molar-refractivity contribution in [3.8, 4) is 11.4 Å². The Bertz CT molecular complexity index is 1470. The third-order valence-electron chi connectivity index (χ3n) is 6.51. The summed E-state index contributed by atoms with van der Waals surface area (Å²) in [5.74, 6) is 0.0631. The average Bonchev–Trinajstić information content (AvgIpc) is 3.57. The molecule has 3 heterocycles. The number of amides is 1. The molecule has 0 aliphatic carbocycles. The van der Waals surface area contributed by atoms with Crippen LogP contribution in [0.2, 0.25) is 0 Å². The van der Waals surface area contributed by atoms with Gasteiger partial charge in [0.15, 0.2) is 0 Å². The molecule has 0 bridgehead atoms. The zero-order chi connectivity index (χ0) is 28.1. The van der Waals surface area contributed by atoms with Crippen molar-refractivity contribution in [3.63, 3.8) is 0 Å². The topological polar surface area (TPSA) is 111 Å². The summed E-state index contributed by atoms with van der Waals surface area (Å²) in [5.41, 5.74) is 3.42. The number of carbonyl (C=O) groups excluding carboxylic acids is 2. The van der Waals surface area contributed by atoms with Gasteiger partial charge in [-0.3, -0.25) is 9.69 Å². The van der Waals surface area contributed by atoms with E-state index in [4.69, 9.17) is 9.47 Å². The second-order valence-electron chi connectivity index (χ2n) is 9.20. The molecule has 5 rings (SSSR count). The number of ether oxygens (including phenoxy) is 2. The van der Waals surface area contributed by atoms with E-state index < -0.39 is 11.2 Å². The predicted molar refractivity (Wildman–Crippen MR) is 154 cm³/mol. The molecule has 1 N–H and O–H groups in total. The van der Waals surface area contributed by atoms with Gasteiger partial charge in [0, 0.05) is 24.5 Å². The SMILES string of the molecule is CCOC(=O)c1c(NC(=O)[C@@H](C)Sc2nnnn2-c2ccc(OC)cc2)sc2c1CCN(Cc1ccccc1)C2. The first-order chi connectivity index (χ1) is 19.5. The van der Waals surface area contributed by atoms with Crippen LogP contribution in [-0.4, -0.2) is 62.5 Å². The van der Waals surface area contributed by atoms with Gasteiger partial charge in [0.25, 0.3) is 0 Å². The van der Waals surface area contributed by atoms with Gasteiger partial charge in [-0.2, -0.15) is 4.68 Å². The summed E-state index contributed by atoms with van der Waals surface area (Å²) in [7, 11) is 1.60. The van der Waals surface area contributed by atoms with Crippen molar-refractivity contribution in [3.05, 3.63) is 76.2 Å². The van der Waals surface area contributed by atoms with E-state index in [0.29, 0.717) is 28.7 Å². The third kappa shape index (κ3) is 6.19. The molecular formula is C28H30N6O4S2. The molecule has 1 atom stereocenters. The maximum atomic E-state index is 13.3. The van der Waals surface area contributed by atoms with E-state index in [-0.39, 0.29) is 12.5 Å². The maximum Gasteiger partial charge on any atom is 0.341 e. The van der Waals surface area contributed by atoms with Gasteiger partial charge in [0.05, 0.1) is 30.2 Å². The number of rotatable bonds is 10. The monoisotopic (exact) mass is 578 g/mol. The molecule has 0 saturated carbocycles. The summed E-state index contributed by atoms with van der Waals surface area (Å²) in [6, 6.07) is 17.6. The van der Waals surface area contributed by atoms with Crippen molar-refractivity contribution in [2.75, 3.05) is 25.6 Å². The van der Waals surface area contributed by atoms with Crippen LogP contribution in [0.25, 0.3) is 5.69 Å². The zero-order valence-corrected chi connectivity index (χ0v) is 24.1. The van der Waals surface area contributed by atoms with Gasteiger partial charge in [-0.25, -0.2) is 4.79 Å². The Labute approximate surface area is 240 Å². The largest absolute Gasteiger partial charge is 0.497 e. The second-order valence-corrected chi connectivity index (χ2v) is 11.6. The van der Waals surface area contributed by atoms with Gasteiger partial charge in [0.1, 0.15) is 10.8 Å². The molecule has 10 nitrogen and oxygen atoms in total. The fourth-order valence-electron chi connectivity index (χ4n) is 4.50. The van der Waals surface area contributed by atoms with Crippen LogP contribution < -0.4 is 10.1 Å². The number of benzene rings is 2. The summed E-state index contributed by atoms with van der Waals surface area (Å²) in [6.45, 7) is 6.17. The number of nitrogens with zero attached hydrogens (tertiary/aromatic N) is 5. The lowest BCUT2D eigenvalue weighted by Gasteiger charge is -2.27. The number of carbonyl (C=O) groups is 2. The highest BCUT2D eigenvalue weighted by Crippen LogP contribution is 2.38. The summed E-state index contributed by atoms with van der Waals surface area (Å²) < 4.78 is 12.2. The molecular weight excluding hydrogens is 548 g/mol. The lowest BCUT2D eigenvalue weighted by atomic mass is 10.0. The van der Waals surface area contributed by atoms with Gasteiger partial charge in [0.2, 0.25) is 11.1 Å². The molecule has 2 aromatic carbocycles. The molecule has 4 aromatic rings. The van der Waals surface area contributed by atoms with Gasteiger partial charge in [-0.05, 0) is 66.1 Å². The van der Waals surface area contributed by atoms with E-state index in [2.05, 4.69) is 37.9 Å². The summed E-state index contributed by atoms with van der Waals surface area (Å²) in [6.07, 6.45) is 0.712. The van der Waals surface area contributed by atoms with Crippen LogP contribution in [0.3, 0.4) is 0 Å². The molecule has 2 aromatic heterocycles. The summed E-state index contributed by atoms with van der Waals surface area (Å²) >= 11 is 2.68. The van der Waals surface area contributed by atoms with Gasteiger partial charge < -0.3 is 14.8 Å². The van der Waals surface area contributed by atoms with Crippen molar-refractivity contribution in [2.45, 2.75) is 43.8 Å². The Morgan fingerprint density at radius 1 is 1.15 bits per heavy atom. The third-order valence-corrected chi connectivity index (χ3v) is 8.68. The molecule has 0 fully saturated rings. The quantitative estimate of drug-likeness (QED) is 0.213. The highest BCUT2D eigenvalue weighted by molar-refractivity contribution is 8.00. The molecule has 208 valence electrons. The summed E-state index contributed by atoms with van der Waals surface area (Å²) in [4.78, 5) is 29.8. The van der Waals surface area contributed by atoms with E-state index >= 15 is 0 Å². The number of aromatic nitrogens is 4. The van der Waals surface area contributed by atoms with Crippen LogP contribution >= 0.6 is 23.1 Å². The molecule has 1 amide bonds. The number of nitrogens with one attached hydrogen (secondary N) is 1. The van der Waals surface area contributed by atoms with E-state index in [9.17, 15) is 9.59 Å². The van der Waals surface area contributed by atoms with Crippen LogP contribution in [-0.2, 0) is 29.0 Å². The molecule has 0 spiro atoms. The Hall–Kier alpha value is -3.74. The van der Waals surface area contributed by atoms with Crippen LogP contribution in [0, 0.1) is 0 Å². The Morgan fingerprint density at radius 3 is 2.65 bits per heavy atom. The molecule has 0 radical (unpaired) electrons. The van der Waals surface area contributed by atoms with Crippen molar-refractivity contribution >= 4 is 40.0 Å². The molecule has 40 heavy (non-hydrogen) atoms. The first-order valence-corrected chi connectivity index (χ1v) is 14.6. The number of esters is 1. The first-order valence-electron chi connectivity index (χ1n) is 12.9. The van der Waals surface area contributed by atoms with Gasteiger partial charge >= 0.3 is 5.97 Å². The average molecular weight is 579 g/mol. The lowest BCUT2D eigenvalue weighted by Crippen LogP contribution is -2.30. The standard InChI is InChI=1S/C28H30N6O4S2/c1-4-38-27(36)24-22-14-15-33(16-19-8-6-5-7-9-19)17-23(22)40-26(24)29-25(35)18(2)39-28-30-31-32-34(28)20-10-12-21(37-3)13-11-20/h5-13,18H,4,14-17H2,1-3H3,(H,29,35)/t18-/m1/s1. The van der Waals surface area contributed by atoms with E-state index in [0.717, 1.165) is 35.0 Å². The minimum Gasteiger partial charge on any atom is -0.497 e. The van der Waals surface area contributed by atoms with Crippen LogP contribution in [0.5, 0.6) is 5.75 Å². The van der Waals surface area contributed by atoms with Crippen molar-refractivity contribution in [1.82, 2.24) is 25.1 Å². The van der Waals surface area contributed by atoms with E-state index in [1.54, 1.807) is 25.6 Å². The van der Waals surface area contributed by atoms with Gasteiger partial charge in [-0.15, -0.1) is 16.4 Å². The zero-order valence-electron chi connectivity index (χ0n) is 22.5. The number of tetrazole rings is 1. The molecule has 0 saturated heterocycles. The highest BCUT2D eigenvalue weighted by atomic mass is 32.2. The molecule has 12 heteroatoms. The molecule has 1 aliphatic heterocycles. The molecule has 0 unspecified atom stereocenters.